The molecule has 0 spiro atoms. The van der Waals surface area contributed by atoms with Crippen molar-refractivity contribution in [2.24, 2.45) is 0 Å². The van der Waals surface area contributed by atoms with Gasteiger partial charge >= 0.3 is 5.97 Å². The highest BCUT2D eigenvalue weighted by Crippen LogP contribution is 2.21. The van der Waals surface area contributed by atoms with Crippen LogP contribution in [0.25, 0.3) is 16.8 Å². The summed E-state index contributed by atoms with van der Waals surface area (Å²) in [4.78, 5) is 25.0. The van der Waals surface area contributed by atoms with Crippen LogP contribution >= 0.6 is 0 Å². The monoisotopic (exact) mass is 359 g/mol. The van der Waals surface area contributed by atoms with E-state index < -0.39 is 5.97 Å². The Hall–Kier alpha value is -3.40. The van der Waals surface area contributed by atoms with E-state index in [9.17, 15) is 9.59 Å². The van der Waals surface area contributed by atoms with Gasteiger partial charge in [-0.25, -0.2) is 4.79 Å². The summed E-state index contributed by atoms with van der Waals surface area (Å²) in [5.74, 6) is -0.899. The summed E-state index contributed by atoms with van der Waals surface area (Å²) in [5.41, 5.74) is 1.43. The van der Waals surface area contributed by atoms with Gasteiger partial charge in [0.05, 0.1) is 6.61 Å². The Kier molecular flexibility index (Phi) is 6.00. The normalized spacial score (nSPS) is 11.2. The second kappa shape index (κ2) is 8.81. The van der Waals surface area contributed by atoms with Crippen LogP contribution < -0.4 is 5.32 Å². The third-order valence-electron chi connectivity index (χ3n) is 4.06. The van der Waals surface area contributed by atoms with Crippen LogP contribution in [-0.2, 0) is 9.53 Å². The second-order valence-electron chi connectivity index (χ2n) is 6.08. The first kappa shape index (κ1) is 18.4. The van der Waals surface area contributed by atoms with Crippen LogP contribution in [0.3, 0.4) is 0 Å². The number of carbonyl (C=O) groups excluding carboxylic acids is 2. The molecule has 0 aliphatic heterocycles. The third kappa shape index (κ3) is 4.61. The number of rotatable bonds is 6. The number of fused-ring (bicyclic) bond motifs is 1. The molecular formula is C23H21NO3. The number of hydrogen-bond donors (Lipinski definition) is 1. The van der Waals surface area contributed by atoms with Crippen molar-refractivity contribution >= 4 is 28.7 Å². The minimum atomic E-state index is -0.547. The molecule has 0 aromatic heterocycles. The molecule has 0 saturated carbocycles. The summed E-state index contributed by atoms with van der Waals surface area (Å²) < 4.78 is 5.25. The van der Waals surface area contributed by atoms with Gasteiger partial charge in [0.2, 0.25) is 0 Å². The maximum Gasteiger partial charge on any atom is 0.354 e. The topological polar surface area (TPSA) is 55.4 Å². The van der Waals surface area contributed by atoms with Gasteiger partial charge < -0.3 is 10.1 Å². The summed E-state index contributed by atoms with van der Waals surface area (Å²) in [6.07, 6.45) is 2.38. The molecule has 3 rings (SSSR count). The second-order valence-corrected chi connectivity index (χ2v) is 6.08. The third-order valence-corrected chi connectivity index (χ3v) is 4.06. The lowest BCUT2D eigenvalue weighted by Crippen LogP contribution is -2.28. The van der Waals surface area contributed by atoms with Crippen molar-refractivity contribution in [3.05, 3.63) is 89.6 Å². The Labute approximate surface area is 158 Å². The van der Waals surface area contributed by atoms with Gasteiger partial charge in [-0.05, 0) is 41.0 Å². The molecule has 0 unspecified atom stereocenters. The molecule has 0 bridgehead atoms. The SMILES string of the molecule is CCCOC(=O)/C(=C\c1cccc2ccccc12)NC(=O)c1ccccc1. The van der Waals surface area contributed by atoms with E-state index >= 15 is 0 Å². The van der Waals surface area contributed by atoms with Crippen LogP contribution in [0.15, 0.2) is 78.5 Å². The van der Waals surface area contributed by atoms with Crippen LogP contribution in [0.1, 0.15) is 29.3 Å². The van der Waals surface area contributed by atoms with Crippen LogP contribution in [-0.4, -0.2) is 18.5 Å². The largest absolute Gasteiger partial charge is 0.461 e. The lowest BCUT2D eigenvalue weighted by molar-refractivity contribution is -0.139. The minimum absolute atomic E-state index is 0.119. The van der Waals surface area contributed by atoms with Gasteiger partial charge in [0.25, 0.3) is 5.91 Å². The molecule has 27 heavy (non-hydrogen) atoms. The molecule has 0 saturated heterocycles. The molecule has 0 aliphatic rings. The fourth-order valence-corrected chi connectivity index (χ4v) is 2.73. The summed E-state index contributed by atoms with van der Waals surface area (Å²) in [7, 11) is 0. The number of esters is 1. The summed E-state index contributed by atoms with van der Waals surface area (Å²) in [5, 5.41) is 4.76. The van der Waals surface area contributed by atoms with Gasteiger partial charge in [-0.2, -0.15) is 0 Å². The molecule has 0 aliphatic carbocycles. The van der Waals surface area contributed by atoms with E-state index in [4.69, 9.17) is 4.74 Å². The number of carbonyl (C=O) groups is 2. The number of benzene rings is 3. The first-order chi connectivity index (χ1) is 13.2. The maximum absolute atomic E-state index is 12.5. The van der Waals surface area contributed by atoms with Gasteiger partial charge in [-0.15, -0.1) is 0 Å². The Balaban J connectivity index is 1.97. The van der Waals surface area contributed by atoms with E-state index in [1.54, 1.807) is 30.3 Å². The van der Waals surface area contributed by atoms with E-state index in [1.807, 2.05) is 55.5 Å². The first-order valence-electron chi connectivity index (χ1n) is 8.92. The van der Waals surface area contributed by atoms with Gasteiger partial charge in [0.15, 0.2) is 0 Å². The van der Waals surface area contributed by atoms with Crippen LogP contribution in [0.2, 0.25) is 0 Å². The van der Waals surface area contributed by atoms with Crippen LogP contribution in [0.4, 0.5) is 0 Å². The maximum atomic E-state index is 12.5. The molecule has 3 aromatic rings. The fourth-order valence-electron chi connectivity index (χ4n) is 2.73. The molecule has 0 atom stereocenters. The Morgan fingerprint density at radius 2 is 1.63 bits per heavy atom. The quantitative estimate of drug-likeness (QED) is 0.518. The zero-order valence-electron chi connectivity index (χ0n) is 15.1. The molecule has 4 heteroatoms. The average molecular weight is 359 g/mol. The highest BCUT2D eigenvalue weighted by atomic mass is 16.5. The average Bonchev–Trinajstić information content (AvgIpc) is 2.72. The van der Waals surface area contributed by atoms with Gasteiger partial charge in [0, 0.05) is 5.56 Å². The van der Waals surface area contributed by atoms with E-state index in [2.05, 4.69) is 5.32 Å². The van der Waals surface area contributed by atoms with Crippen molar-refractivity contribution in [1.82, 2.24) is 5.32 Å². The van der Waals surface area contributed by atoms with Crippen molar-refractivity contribution < 1.29 is 14.3 Å². The molecule has 0 heterocycles. The van der Waals surface area contributed by atoms with Crippen molar-refractivity contribution in [2.45, 2.75) is 13.3 Å². The molecule has 1 N–H and O–H groups in total. The molecule has 1 amide bonds. The Morgan fingerprint density at radius 3 is 2.41 bits per heavy atom. The highest BCUT2D eigenvalue weighted by Gasteiger charge is 2.16. The van der Waals surface area contributed by atoms with E-state index in [0.29, 0.717) is 18.6 Å². The van der Waals surface area contributed by atoms with Crippen molar-refractivity contribution in [3.8, 4) is 0 Å². The highest BCUT2D eigenvalue weighted by molar-refractivity contribution is 6.04. The molecule has 3 aromatic carbocycles. The zero-order chi connectivity index (χ0) is 19.1. The molecule has 136 valence electrons. The number of hydrogen-bond acceptors (Lipinski definition) is 3. The van der Waals surface area contributed by atoms with Gasteiger partial charge in [-0.3, -0.25) is 4.79 Å². The number of ether oxygens (including phenoxy) is 1. The fraction of sp³-hybridized carbons (Fsp3) is 0.130. The van der Waals surface area contributed by atoms with Gasteiger partial charge in [-0.1, -0.05) is 67.6 Å². The Morgan fingerprint density at radius 1 is 0.926 bits per heavy atom. The predicted molar refractivity (Wildman–Crippen MR) is 107 cm³/mol. The lowest BCUT2D eigenvalue weighted by Gasteiger charge is -2.11. The number of amides is 1. The molecular weight excluding hydrogens is 338 g/mol. The first-order valence-corrected chi connectivity index (χ1v) is 8.92. The Bertz CT molecular complexity index is 972. The molecule has 4 nitrogen and oxygen atoms in total. The lowest BCUT2D eigenvalue weighted by atomic mass is 10.0. The molecule has 0 radical (unpaired) electrons. The number of nitrogens with one attached hydrogen (secondary N) is 1. The smallest absolute Gasteiger partial charge is 0.354 e. The van der Waals surface area contributed by atoms with E-state index in [1.165, 1.54) is 0 Å². The minimum Gasteiger partial charge on any atom is -0.461 e. The summed E-state index contributed by atoms with van der Waals surface area (Å²) in [6.45, 7) is 2.22. The predicted octanol–water partition coefficient (Wildman–Crippen LogP) is 4.56. The van der Waals surface area contributed by atoms with E-state index in [0.717, 1.165) is 16.3 Å². The summed E-state index contributed by atoms with van der Waals surface area (Å²) in [6, 6.07) is 22.5. The van der Waals surface area contributed by atoms with E-state index in [-0.39, 0.29) is 11.6 Å². The van der Waals surface area contributed by atoms with Crippen LogP contribution in [0, 0.1) is 0 Å². The summed E-state index contributed by atoms with van der Waals surface area (Å²) >= 11 is 0. The van der Waals surface area contributed by atoms with Crippen molar-refractivity contribution in [1.29, 1.82) is 0 Å². The van der Waals surface area contributed by atoms with Crippen molar-refractivity contribution in [2.75, 3.05) is 6.61 Å². The zero-order valence-corrected chi connectivity index (χ0v) is 15.1. The van der Waals surface area contributed by atoms with Gasteiger partial charge in [0.1, 0.15) is 5.70 Å². The standard InChI is InChI=1S/C23H21NO3/c1-2-15-27-23(26)21(24-22(25)18-10-4-3-5-11-18)16-19-13-8-12-17-9-6-7-14-20(17)19/h3-14,16H,2,15H2,1H3,(H,24,25)/b21-16+. The van der Waals surface area contributed by atoms with Crippen LogP contribution in [0.5, 0.6) is 0 Å². The molecule has 0 fully saturated rings. The van der Waals surface area contributed by atoms with Crippen molar-refractivity contribution in [3.63, 3.8) is 0 Å².